The molecule has 3 unspecified atom stereocenters. The summed E-state index contributed by atoms with van der Waals surface area (Å²) in [6, 6.07) is 62.4. The molecule has 0 saturated heterocycles. The normalized spacial score (nSPS) is 18.6. The van der Waals surface area contributed by atoms with Crippen LogP contribution in [0, 0.1) is 16.2 Å². The van der Waals surface area contributed by atoms with E-state index in [1.54, 1.807) is 14.1 Å². The lowest BCUT2D eigenvalue weighted by Gasteiger charge is -2.40. The molecule has 0 fully saturated rings. The smallest absolute Gasteiger partial charge is 0.209 e. The molecule has 0 radical (unpaired) electrons. The standard InChI is InChI=1S/3C27H24N4OS.C3H7NO/c3*1-27(2)13-19-22-18-6-4-3-5-15(18)11-12-20(22)29-24(23(19)21(32)14-27)16-7-9-17(10-8-16)25-30-31-26(28)33-25;1-4(2)3-5/h3*3-12,24,29H,13-14H2,1-2H3,(H2,28,31);3H,1-2H3. The number of Topliss-reactive ketones (excluding diaryl/α,β-unsaturated/α-hetero) is 3. The number of aromatic nitrogens is 6. The number of nitrogens with two attached hydrogens (primary N) is 3. The Labute approximate surface area is 615 Å². The third kappa shape index (κ3) is 13.4. The van der Waals surface area contributed by atoms with E-state index in [-0.39, 0.29) is 51.7 Å². The predicted molar refractivity (Wildman–Crippen MR) is 425 cm³/mol. The van der Waals surface area contributed by atoms with E-state index < -0.39 is 0 Å². The van der Waals surface area contributed by atoms with Gasteiger partial charge in [0.25, 0.3) is 0 Å². The fraction of sp³-hybridized carbons (Fsp3) is 0.238. The summed E-state index contributed by atoms with van der Waals surface area (Å²) in [6.07, 6.45) is 5.09. The third-order valence-corrected chi connectivity index (χ3v) is 22.6. The number of hydrogen-bond acceptors (Lipinski definition) is 19. The molecule has 3 atom stereocenters. The van der Waals surface area contributed by atoms with E-state index >= 15 is 0 Å². The highest BCUT2D eigenvalue weighted by molar-refractivity contribution is 7.18. The summed E-state index contributed by atoms with van der Waals surface area (Å²) in [7, 11) is 3.38. The summed E-state index contributed by atoms with van der Waals surface area (Å²) in [5.41, 5.74) is 36.3. The first-order valence-electron chi connectivity index (χ1n) is 34.8. The maximum atomic E-state index is 13.5. The van der Waals surface area contributed by atoms with E-state index in [1.807, 2.05) is 36.4 Å². The molecule has 3 aliphatic heterocycles. The molecule has 0 bridgehead atoms. The number of allylic oxidation sites excluding steroid dienone is 3. The van der Waals surface area contributed by atoms with E-state index in [0.29, 0.717) is 34.7 Å². The second-order valence-corrected chi connectivity index (χ2v) is 33.2. The third-order valence-electron chi connectivity index (χ3n) is 20.2. The second-order valence-electron chi connectivity index (χ2n) is 30.1. The van der Waals surface area contributed by atoms with Gasteiger partial charge in [-0.25, -0.2) is 0 Å². The minimum atomic E-state index is -0.175. The van der Waals surface area contributed by atoms with Crippen molar-refractivity contribution in [3.63, 3.8) is 0 Å². The number of hydrogen-bond donors (Lipinski definition) is 6. The SMILES string of the molecule is CC1(C)CC(=O)C2=C(C1)c1c(ccc3ccccc13)NC2c1ccc(-c2nnc(N)s2)cc1.CC1(C)CC(=O)C2=C(C1)c1c(ccc3ccccc13)NC2c1ccc(-c2nnc(N)s2)cc1.CC1(C)CC(=O)C2=C(C1)c1c(ccc3ccccc13)NC2c1ccc(-c2nnc(N)s2)cc1.CN(C)C=O. The zero-order valence-electron chi connectivity index (χ0n) is 59.1. The van der Waals surface area contributed by atoms with Gasteiger partial charge in [-0.2, -0.15) is 0 Å². The topological polar surface area (TPSA) is 263 Å². The van der Waals surface area contributed by atoms with Gasteiger partial charge in [0.05, 0.1) is 18.1 Å². The fourth-order valence-electron chi connectivity index (χ4n) is 15.8. The van der Waals surface area contributed by atoms with Gasteiger partial charge in [-0.05, 0) is 119 Å². The number of carbonyl (C=O) groups is 4. The fourth-order valence-corrected chi connectivity index (χ4v) is 17.6. The van der Waals surface area contributed by atoms with Gasteiger partial charge in [-0.3, -0.25) is 19.2 Å². The van der Waals surface area contributed by atoms with Crippen molar-refractivity contribution in [2.45, 2.75) is 98.2 Å². The summed E-state index contributed by atoms with van der Waals surface area (Å²) in [5.74, 6) is 0.704. The summed E-state index contributed by atoms with van der Waals surface area (Å²) in [6.45, 7) is 13.2. The van der Waals surface area contributed by atoms with Crippen molar-refractivity contribution in [2.75, 3.05) is 47.2 Å². The van der Waals surface area contributed by atoms with Crippen molar-refractivity contribution >= 4 is 139 Å². The molecule has 12 aromatic rings. The monoisotopic (exact) mass is 1430 g/mol. The molecule has 20 heteroatoms. The van der Waals surface area contributed by atoms with Crippen molar-refractivity contribution in [2.24, 2.45) is 16.2 Å². The van der Waals surface area contributed by atoms with Gasteiger partial charge in [-0.1, -0.05) is 239 Å². The molecule has 3 aliphatic carbocycles. The first kappa shape index (κ1) is 68.7. The van der Waals surface area contributed by atoms with Crippen molar-refractivity contribution in [3.8, 4) is 31.7 Å². The first-order valence-corrected chi connectivity index (χ1v) is 37.3. The Morgan fingerprint density at radius 2 is 0.635 bits per heavy atom. The summed E-state index contributed by atoms with van der Waals surface area (Å²) in [5, 5.41) is 46.2. The van der Waals surface area contributed by atoms with Crippen LogP contribution in [0.15, 0.2) is 199 Å². The van der Waals surface area contributed by atoms with Crippen LogP contribution in [0.4, 0.5) is 32.5 Å². The van der Waals surface area contributed by atoms with E-state index in [1.165, 1.54) is 105 Å². The van der Waals surface area contributed by atoms with Gasteiger partial charge in [-0.15, -0.1) is 30.6 Å². The largest absolute Gasteiger partial charge is 0.374 e. The number of rotatable bonds is 7. The van der Waals surface area contributed by atoms with Crippen LogP contribution in [0.25, 0.3) is 80.7 Å². The summed E-state index contributed by atoms with van der Waals surface area (Å²) >= 11 is 4.11. The van der Waals surface area contributed by atoms with Crippen LogP contribution < -0.4 is 33.2 Å². The Kier molecular flexibility index (Phi) is 18.0. The number of nitrogen functional groups attached to an aromatic ring is 3. The number of nitrogens with one attached hydrogen (secondary N) is 3. The van der Waals surface area contributed by atoms with Gasteiger partial charge in [0, 0.05) is 101 Å². The Balaban J connectivity index is 0.000000121. The molecule has 104 heavy (non-hydrogen) atoms. The number of nitrogens with zero attached hydrogens (tertiary/aromatic N) is 7. The van der Waals surface area contributed by atoms with Crippen LogP contribution in [0.5, 0.6) is 0 Å². The average molecular weight is 1430 g/mol. The van der Waals surface area contributed by atoms with E-state index in [9.17, 15) is 19.2 Å². The zero-order chi connectivity index (χ0) is 72.5. The van der Waals surface area contributed by atoms with Gasteiger partial charge in [0.2, 0.25) is 21.8 Å². The van der Waals surface area contributed by atoms with Crippen LogP contribution in [0.1, 0.15) is 132 Å². The van der Waals surface area contributed by atoms with Gasteiger partial charge in [0.15, 0.2) is 17.3 Å². The molecule has 3 aromatic heterocycles. The first-order chi connectivity index (χ1) is 50.0. The Morgan fingerprint density at radius 1 is 0.375 bits per heavy atom. The maximum absolute atomic E-state index is 13.5. The highest BCUT2D eigenvalue weighted by atomic mass is 32.1. The lowest BCUT2D eigenvalue weighted by molar-refractivity contribution is -0.118. The van der Waals surface area contributed by atoms with E-state index in [2.05, 4.69) is 234 Å². The maximum Gasteiger partial charge on any atom is 0.209 e. The molecule has 6 heterocycles. The molecule has 18 rings (SSSR count). The van der Waals surface area contributed by atoms with Gasteiger partial charge >= 0.3 is 0 Å². The summed E-state index contributed by atoms with van der Waals surface area (Å²) < 4.78 is 0. The van der Waals surface area contributed by atoms with Crippen LogP contribution in [-0.2, 0) is 19.2 Å². The van der Waals surface area contributed by atoms with Crippen LogP contribution in [-0.4, -0.2) is 73.3 Å². The molecule has 9 N–H and O–H groups in total. The molecule has 1 amide bonds. The van der Waals surface area contributed by atoms with Crippen LogP contribution >= 0.6 is 34.0 Å². The highest BCUT2D eigenvalue weighted by Crippen LogP contribution is 2.56. The lowest BCUT2D eigenvalue weighted by Crippen LogP contribution is -2.33. The molecule has 6 aliphatic rings. The van der Waals surface area contributed by atoms with Crippen molar-refractivity contribution in [3.05, 3.63) is 232 Å². The second kappa shape index (κ2) is 27.3. The zero-order valence-corrected chi connectivity index (χ0v) is 61.5. The van der Waals surface area contributed by atoms with Crippen LogP contribution in [0.3, 0.4) is 0 Å². The highest BCUT2D eigenvalue weighted by Gasteiger charge is 2.44. The lowest BCUT2D eigenvalue weighted by atomic mass is 9.68. The van der Waals surface area contributed by atoms with Crippen molar-refractivity contribution in [1.29, 1.82) is 0 Å². The number of ketones is 3. The molecular formula is C84H79N13O4S3. The minimum Gasteiger partial charge on any atom is -0.374 e. The minimum absolute atomic E-state index is 0.0619. The van der Waals surface area contributed by atoms with Crippen molar-refractivity contribution < 1.29 is 19.2 Å². The number of benzene rings is 9. The Morgan fingerprint density at radius 3 is 0.875 bits per heavy atom. The van der Waals surface area contributed by atoms with E-state index in [0.717, 1.165) is 108 Å². The average Bonchev–Trinajstić information content (AvgIpc) is 0.793. The Bertz CT molecular complexity index is 5000. The van der Waals surface area contributed by atoms with Crippen molar-refractivity contribution in [1.82, 2.24) is 35.5 Å². The molecule has 522 valence electrons. The molecule has 17 nitrogen and oxygen atoms in total. The van der Waals surface area contributed by atoms with Gasteiger partial charge < -0.3 is 38.1 Å². The Hall–Kier alpha value is -11.1. The van der Waals surface area contributed by atoms with Gasteiger partial charge in [0.1, 0.15) is 15.0 Å². The van der Waals surface area contributed by atoms with E-state index in [4.69, 9.17) is 17.2 Å². The number of fused-ring (bicyclic) bond motifs is 12. The number of carbonyl (C=O) groups excluding carboxylic acids is 4. The van der Waals surface area contributed by atoms with Crippen LogP contribution in [0.2, 0.25) is 0 Å². The number of amides is 1. The molecule has 0 saturated carbocycles. The molecular weight excluding hydrogens is 1350 g/mol. The molecule has 0 spiro atoms. The summed E-state index contributed by atoms with van der Waals surface area (Å²) in [4.78, 5) is 51.5. The quantitative estimate of drug-likeness (QED) is 0.0810. The molecule has 9 aromatic carbocycles. The number of anilines is 6. The predicted octanol–water partition coefficient (Wildman–Crippen LogP) is 18.5.